The second-order valence-corrected chi connectivity index (χ2v) is 6.46. The lowest BCUT2D eigenvalue weighted by Gasteiger charge is -2.25. The van der Waals surface area contributed by atoms with Crippen molar-refractivity contribution >= 4 is 36.6 Å². The van der Waals surface area contributed by atoms with Crippen LogP contribution in [0.1, 0.15) is 12.8 Å². The fourth-order valence-electron chi connectivity index (χ4n) is 2.39. The van der Waals surface area contributed by atoms with E-state index in [2.05, 4.69) is 59.7 Å². The summed E-state index contributed by atoms with van der Waals surface area (Å²) in [6, 6.07) is 16.5. The van der Waals surface area contributed by atoms with Crippen LogP contribution in [0.15, 0.2) is 58.3 Å². The van der Waals surface area contributed by atoms with Gasteiger partial charge in [-0.25, -0.2) is 0 Å². The zero-order valence-electron chi connectivity index (χ0n) is 13.3. The minimum absolute atomic E-state index is 0.741. The van der Waals surface area contributed by atoms with Crippen LogP contribution >= 0.6 is 25.3 Å². The van der Waals surface area contributed by atoms with Gasteiger partial charge in [0, 0.05) is 27.7 Å². The first kappa shape index (κ1) is 18.2. The van der Waals surface area contributed by atoms with Crippen molar-refractivity contribution in [3.63, 3.8) is 0 Å². The lowest BCUT2D eigenvalue weighted by molar-refractivity contribution is 0.628. The Labute approximate surface area is 150 Å². The minimum atomic E-state index is 0.741. The van der Waals surface area contributed by atoms with Crippen molar-refractivity contribution in [3.05, 3.63) is 48.5 Å². The van der Waals surface area contributed by atoms with Crippen LogP contribution in [0.5, 0.6) is 0 Å². The number of nitrogens with two attached hydrogens (primary N) is 1. The predicted octanol–water partition coefficient (Wildman–Crippen LogP) is 3.73. The fraction of sp³-hybridized carbons (Fsp3) is 0.333. The van der Waals surface area contributed by atoms with Crippen LogP contribution in [0.4, 0.5) is 11.4 Å². The molecule has 0 aliphatic rings. The van der Waals surface area contributed by atoms with Crippen LogP contribution in [0, 0.1) is 0 Å². The third-order valence-corrected chi connectivity index (χ3v) is 4.21. The fourth-order valence-corrected chi connectivity index (χ4v) is 2.68. The van der Waals surface area contributed by atoms with Gasteiger partial charge in [0.1, 0.15) is 0 Å². The van der Waals surface area contributed by atoms with Gasteiger partial charge >= 0.3 is 0 Å². The van der Waals surface area contributed by atoms with Gasteiger partial charge in [-0.2, -0.15) is 0 Å². The Bertz CT molecular complexity index is 524. The lowest BCUT2D eigenvalue weighted by Crippen LogP contribution is -2.25. The maximum Gasteiger partial charge on any atom is 0.0411 e. The highest BCUT2D eigenvalue weighted by molar-refractivity contribution is 7.80. The van der Waals surface area contributed by atoms with Crippen molar-refractivity contribution < 1.29 is 0 Å². The zero-order chi connectivity index (χ0) is 16.5. The molecule has 0 spiro atoms. The number of hydrogen-bond acceptors (Lipinski definition) is 5. The third-order valence-electron chi connectivity index (χ3n) is 3.62. The Morgan fingerprint density at radius 3 is 1.74 bits per heavy atom. The van der Waals surface area contributed by atoms with Gasteiger partial charge < -0.3 is 16.0 Å². The molecule has 124 valence electrons. The first-order valence-corrected chi connectivity index (χ1v) is 8.86. The number of rotatable bonds is 9. The summed E-state index contributed by atoms with van der Waals surface area (Å²) in [4.78, 5) is 4.27. The van der Waals surface area contributed by atoms with Crippen LogP contribution in [-0.2, 0) is 0 Å². The van der Waals surface area contributed by atoms with Crippen LogP contribution in [0.2, 0.25) is 0 Å². The molecule has 2 aromatic rings. The number of hydrogen-bond donors (Lipinski definition) is 4. The van der Waals surface area contributed by atoms with Gasteiger partial charge in [0.15, 0.2) is 0 Å². The molecule has 0 saturated carbocycles. The van der Waals surface area contributed by atoms with E-state index in [-0.39, 0.29) is 0 Å². The Kier molecular flexibility index (Phi) is 7.82. The molecule has 0 heterocycles. The molecule has 0 aromatic heterocycles. The van der Waals surface area contributed by atoms with Gasteiger partial charge in [0.05, 0.1) is 0 Å². The summed E-state index contributed by atoms with van der Waals surface area (Å²) in [6.45, 7) is 3.67. The summed E-state index contributed by atoms with van der Waals surface area (Å²) in [6.07, 6.45) is 2.09. The summed E-state index contributed by atoms with van der Waals surface area (Å²) < 4.78 is 0. The lowest BCUT2D eigenvalue weighted by atomic mass is 10.2. The van der Waals surface area contributed by atoms with Gasteiger partial charge in [0.25, 0.3) is 0 Å². The van der Waals surface area contributed by atoms with Gasteiger partial charge in [-0.3, -0.25) is 0 Å². The third kappa shape index (κ3) is 6.11. The quantitative estimate of drug-likeness (QED) is 0.413. The first-order valence-electron chi connectivity index (χ1n) is 7.97. The summed E-state index contributed by atoms with van der Waals surface area (Å²) in [5, 5.41) is 3.43. The molecule has 2 rings (SSSR count). The smallest absolute Gasteiger partial charge is 0.0411 e. The number of nitrogens with one attached hydrogen (secondary N) is 1. The minimum Gasteiger partial charge on any atom is -0.341 e. The molecular weight excluding hydrogens is 322 g/mol. The number of nitrogens with zero attached hydrogens (tertiary/aromatic N) is 1. The summed E-state index contributed by atoms with van der Waals surface area (Å²) in [7, 11) is 0. The van der Waals surface area contributed by atoms with E-state index < -0.39 is 0 Å². The van der Waals surface area contributed by atoms with E-state index in [1.807, 2.05) is 24.3 Å². The topological polar surface area (TPSA) is 41.3 Å². The highest BCUT2D eigenvalue weighted by Crippen LogP contribution is 2.27. The number of anilines is 2. The van der Waals surface area contributed by atoms with Crippen molar-refractivity contribution in [2.45, 2.75) is 22.6 Å². The highest BCUT2D eigenvalue weighted by Gasteiger charge is 2.09. The summed E-state index contributed by atoms with van der Waals surface area (Å²) in [5.41, 5.74) is 7.86. The van der Waals surface area contributed by atoms with Gasteiger partial charge in [-0.1, -0.05) is 0 Å². The van der Waals surface area contributed by atoms with Crippen molar-refractivity contribution in [2.75, 3.05) is 31.1 Å². The maximum absolute atomic E-state index is 5.51. The Morgan fingerprint density at radius 2 is 1.26 bits per heavy atom. The van der Waals surface area contributed by atoms with Crippen molar-refractivity contribution in [2.24, 2.45) is 5.73 Å². The Morgan fingerprint density at radius 1 is 0.783 bits per heavy atom. The average Bonchev–Trinajstić information content (AvgIpc) is 2.57. The van der Waals surface area contributed by atoms with E-state index in [0.717, 1.165) is 48.8 Å². The van der Waals surface area contributed by atoms with E-state index in [0.29, 0.717) is 0 Å². The summed E-state index contributed by atoms with van der Waals surface area (Å²) >= 11 is 8.74. The Balaban J connectivity index is 2.02. The van der Waals surface area contributed by atoms with Gasteiger partial charge in [-0.05, 0) is 81.0 Å². The largest absolute Gasteiger partial charge is 0.341 e. The molecular formula is C18H25N3S2. The molecule has 0 aliphatic heterocycles. The van der Waals surface area contributed by atoms with E-state index in [1.54, 1.807) is 0 Å². The molecule has 0 saturated heterocycles. The number of thiol groups is 2. The van der Waals surface area contributed by atoms with Gasteiger partial charge in [-0.15, -0.1) is 25.3 Å². The second kappa shape index (κ2) is 9.88. The predicted molar refractivity (Wildman–Crippen MR) is 106 cm³/mol. The molecule has 5 heteroatoms. The second-order valence-electron chi connectivity index (χ2n) is 5.43. The van der Waals surface area contributed by atoms with Crippen molar-refractivity contribution in [1.29, 1.82) is 0 Å². The molecule has 2 aromatic carbocycles. The van der Waals surface area contributed by atoms with E-state index in [1.165, 1.54) is 11.4 Å². The highest BCUT2D eigenvalue weighted by atomic mass is 32.1. The monoisotopic (exact) mass is 347 g/mol. The van der Waals surface area contributed by atoms with E-state index >= 15 is 0 Å². The molecule has 0 fully saturated rings. The molecule has 0 atom stereocenters. The molecule has 0 radical (unpaired) electrons. The molecule has 23 heavy (non-hydrogen) atoms. The number of benzene rings is 2. The van der Waals surface area contributed by atoms with E-state index in [9.17, 15) is 0 Å². The van der Waals surface area contributed by atoms with Crippen LogP contribution in [0.3, 0.4) is 0 Å². The van der Waals surface area contributed by atoms with Crippen LogP contribution in [0.25, 0.3) is 0 Å². The molecule has 0 bridgehead atoms. The zero-order valence-corrected chi connectivity index (χ0v) is 15.1. The molecule has 0 aliphatic carbocycles. The molecule has 3 nitrogen and oxygen atoms in total. The van der Waals surface area contributed by atoms with Crippen LogP contribution in [-0.4, -0.2) is 26.2 Å². The molecule has 0 amide bonds. The standard InChI is InChI=1S/C18H25N3S2/c19-11-1-12-20-13-2-14-21(15-3-7-17(22)8-4-15)16-5-9-18(23)10-6-16/h3-10,20,22-23H,1-2,11-14,19H2. The van der Waals surface area contributed by atoms with Gasteiger partial charge in [0.2, 0.25) is 0 Å². The van der Waals surface area contributed by atoms with E-state index in [4.69, 9.17) is 5.73 Å². The van der Waals surface area contributed by atoms with Crippen molar-refractivity contribution in [1.82, 2.24) is 5.32 Å². The SMILES string of the molecule is NCCCNCCCN(c1ccc(S)cc1)c1ccc(S)cc1. The average molecular weight is 348 g/mol. The Hall–Kier alpha value is -1.14. The first-order chi connectivity index (χ1) is 11.2. The van der Waals surface area contributed by atoms with Crippen molar-refractivity contribution in [3.8, 4) is 0 Å². The normalized spacial score (nSPS) is 10.7. The molecule has 0 unspecified atom stereocenters. The summed E-state index contributed by atoms with van der Waals surface area (Å²) in [5.74, 6) is 0. The molecule has 3 N–H and O–H groups in total. The maximum atomic E-state index is 5.51. The van der Waals surface area contributed by atoms with Crippen LogP contribution < -0.4 is 16.0 Å².